The van der Waals surface area contributed by atoms with Crippen molar-refractivity contribution in [2.75, 3.05) is 10.6 Å². The van der Waals surface area contributed by atoms with Gasteiger partial charge in [0.2, 0.25) is 0 Å². The molecule has 6 rings (SSSR count). The fourth-order valence-electron chi connectivity index (χ4n) is 4.23. The van der Waals surface area contributed by atoms with E-state index in [4.69, 9.17) is 16.2 Å². The lowest BCUT2D eigenvalue weighted by atomic mass is 10.00. The van der Waals surface area contributed by atoms with Gasteiger partial charge in [0.15, 0.2) is 11.4 Å². The van der Waals surface area contributed by atoms with Gasteiger partial charge in [0.1, 0.15) is 34.8 Å². The fourth-order valence-corrected chi connectivity index (χ4v) is 4.38. The van der Waals surface area contributed by atoms with Gasteiger partial charge in [0.25, 0.3) is 5.91 Å². The highest BCUT2D eigenvalue weighted by molar-refractivity contribution is 7.74. The van der Waals surface area contributed by atoms with Crippen LogP contribution in [0.4, 0.5) is 16.0 Å². The highest BCUT2D eigenvalue weighted by Gasteiger charge is 2.38. The average Bonchev–Trinajstić information content (AvgIpc) is 3.56. The number of nitrogens with one attached hydrogen (secondary N) is 2. The summed E-state index contributed by atoms with van der Waals surface area (Å²) in [6.45, 7) is 1.63. The summed E-state index contributed by atoms with van der Waals surface area (Å²) in [5.41, 5.74) is 0.583. The molecule has 4 N–H and O–H groups in total. The molecule has 0 spiro atoms. The van der Waals surface area contributed by atoms with Gasteiger partial charge in [-0.3, -0.25) is 4.79 Å². The molecule has 1 aliphatic rings. The molecule has 5 aromatic rings. The minimum atomic E-state index is -2.17. The predicted octanol–water partition coefficient (Wildman–Crippen LogP) is 4.29. The van der Waals surface area contributed by atoms with Gasteiger partial charge in [-0.1, -0.05) is 17.7 Å². The first kappa shape index (κ1) is 26.8. The number of imidazole rings is 2. The van der Waals surface area contributed by atoms with Crippen LogP contribution in [0, 0.1) is 5.82 Å². The van der Waals surface area contributed by atoms with E-state index in [1.165, 1.54) is 60.7 Å². The van der Waals surface area contributed by atoms with Crippen LogP contribution in [0.25, 0.3) is 11.2 Å². The molecule has 5 aromatic heterocycles. The van der Waals surface area contributed by atoms with Crippen molar-refractivity contribution >= 4 is 53.2 Å². The van der Waals surface area contributed by atoms with Crippen molar-refractivity contribution in [1.29, 1.82) is 0 Å². The van der Waals surface area contributed by atoms with E-state index in [-0.39, 0.29) is 22.1 Å². The maximum atomic E-state index is 14.6. The molecule has 1 aliphatic carbocycles. The van der Waals surface area contributed by atoms with Crippen molar-refractivity contribution in [3.05, 3.63) is 83.3 Å². The van der Waals surface area contributed by atoms with E-state index < -0.39 is 17.3 Å². The molecule has 5 heterocycles. The average molecular weight is 571 g/mol. The van der Waals surface area contributed by atoms with Crippen molar-refractivity contribution in [1.82, 2.24) is 28.7 Å². The number of hydrogen-bond donors (Lipinski definition) is 5. The monoisotopic (exact) mass is 570 g/mol. The van der Waals surface area contributed by atoms with E-state index in [1.54, 1.807) is 0 Å². The molecule has 202 valence electrons. The summed E-state index contributed by atoms with van der Waals surface area (Å²) in [6.07, 6.45) is 10.6. The van der Waals surface area contributed by atoms with Crippen LogP contribution in [-0.4, -0.2) is 44.3 Å². The maximum Gasteiger partial charge on any atom is 0.263 e. The lowest BCUT2D eigenvalue weighted by Crippen LogP contribution is -2.38. The second-order valence-corrected chi connectivity index (χ2v) is 9.64. The highest BCUT2D eigenvalue weighted by atomic mass is 35.5. The van der Waals surface area contributed by atoms with Gasteiger partial charge < -0.3 is 29.1 Å². The molecule has 0 aromatic carbocycles. The number of hydrogen-bond acceptors (Lipinski definition) is 9. The summed E-state index contributed by atoms with van der Waals surface area (Å²) in [4.78, 5) is 29.9. The summed E-state index contributed by atoms with van der Waals surface area (Å²) in [5, 5.41) is 16.6. The van der Waals surface area contributed by atoms with Crippen LogP contribution in [0.15, 0.2) is 55.5 Å². The first-order valence-electron chi connectivity index (χ1n) is 11.9. The summed E-state index contributed by atoms with van der Waals surface area (Å²) in [7, 11) is 0. The van der Waals surface area contributed by atoms with E-state index in [9.17, 15) is 14.3 Å². The number of amides is 1. The summed E-state index contributed by atoms with van der Waals surface area (Å²) in [6, 6.07) is 7.03. The van der Waals surface area contributed by atoms with Gasteiger partial charge in [0, 0.05) is 24.7 Å². The Labute approximate surface area is 232 Å². The van der Waals surface area contributed by atoms with Crippen molar-refractivity contribution < 1.29 is 18.8 Å². The molecule has 1 unspecified atom stereocenters. The number of thiol groups is 1. The number of rotatable bonds is 7. The van der Waals surface area contributed by atoms with Crippen molar-refractivity contribution in [2.45, 2.75) is 37.8 Å². The molecular weight excluding hydrogens is 547 g/mol. The SMILES string of the molecule is CC(O)(C(=O)Nc1cc(NCc2cn3cc(C4CC4)ccc3n2)ncn1)c1ncn2ccc(Cl)c(F)c12.OS. The zero-order valence-corrected chi connectivity index (χ0v) is 22.2. The molecule has 1 fully saturated rings. The topological polar surface area (TPSA) is 142 Å². The van der Waals surface area contributed by atoms with Gasteiger partial charge in [-0.15, -0.1) is 0 Å². The molecule has 1 saturated carbocycles. The molecule has 11 nitrogen and oxygen atoms in total. The molecule has 1 atom stereocenters. The molecular formula is C25H24ClFN8O3S. The zero-order chi connectivity index (χ0) is 27.7. The van der Waals surface area contributed by atoms with Gasteiger partial charge >= 0.3 is 0 Å². The quantitative estimate of drug-likeness (QED) is 0.144. The maximum absolute atomic E-state index is 14.6. The minimum Gasteiger partial charge on any atom is -0.374 e. The van der Waals surface area contributed by atoms with Crippen LogP contribution >= 0.6 is 24.5 Å². The van der Waals surface area contributed by atoms with Crippen molar-refractivity contribution in [3.8, 4) is 0 Å². The molecule has 1 amide bonds. The van der Waals surface area contributed by atoms with Gasteiger partial charge in [0.05, 0.1) is 23.6 Å². The number of pyridine rings is 2. The predicted molar refractivity (Wildman–Crippen MR) is 147 cm³/mol. The second kappa shape index (κ2) is 10.8. The Morgan fingerprint density at radius 2 is 1.95 bits per heavy atom. The Kier molecular flexibility index (Phi) is 7.40. The van der Waals surface area contributed by atoms with Crippen molar-refractivity contribution in [2.24, 2.45) is 0 Å². The number of anilines is 2. The Hall–Kier alpha value is -3.78. The summed E-state index contributed by atoms with van der Waals surface area (Å²) >= 11 is 8.41. The number of carbonyl (C=O) groups excluding carboxylic acids is 1. The van der Waals surface area contributed by atoms with Crippen LogP contribution in [0.3, 0.4) is 0 Å². The lowest BCUT2D eigenvalue weighted by Gasteiger charge is -2.21. The molecule has 0 aliphatic heterocycles. The minimum absolute atomic E-state index is 0.0885. The number of nitrogens with zero attached hydrogens (tertiary/aromatic N) is 6. The molecule has 14 heteroatoms. The number of carbonyl (C=O) groups is 1. The van der Waals surface area contributed by atoms with E-state index in [2.05, 4.69) is 55.7 Å². The molecule has 0 bridgehead atoms. The van der Waals surface area contributed by atoms with Gasteiger partial charge in [-0.2, -0.15) is 0 Å². The summed E-state index contributed by atoms with van der Waals surface area (Å²) in [5.74, 6) is -0.370. The Bertz CT molecular complexity index is 1670. The Morgan fingerprint density at radius 3 is 2.72 bits per heavy atom. The molecule has 39 heavy (non-hydrogen) atoms. The fraction of sp³-hybridized carbons (Fsp3) is 0.240. The Morgan fingerprint density at radius 1 is 1.18 bits per heavy atom. The summed E-state index contributed by atoms with van der Waals surface area (Å²) < 4.78 is 24.7. The van der Waals surface area contributed by atoms with Crippen molar-refractivity contribution in [3.63, 3.8) is 0 Å². The number of fused-ring (bicyclic) bond motifs is 2. The molecule has 0 radical (unpaired) electrons. The van der Waals surface area contributed by atoms with E-state index in [0.29, 0.717) is 18.3 Å². The van der Waals surface area contributed by atoms with Crippen LogP contribution < -0.4 is 10.6 Å². The molecule has 0 saturated heterocycles. The number of aromatic nitrogens is 6. The van der Waals surface area contributed by atoms with Crippen LogP contribution in [0.1, 0.15) is 42.6 Å². The normalized spacial score (nSPS) is 14.5. The van der Waals surface area contributed by atoms with Crippen LogP contribution in [0.5, 0.6) is 0 Å². The first-order valence-corrected chi connectivity index (χ1v) is 12.7. The smallest absolute Gasteiger partial charge is 0.263 e. The van der Waals surface area contributed by atoms with E-state index >= 15 is 0 Å². The number of halogens is 2. The van der Waals surface area contributed by atoms with E-state index in [1.807, 2.05) is 16.7 Å². The largest absolute Gasteiger partial charge is 0.374 e. The number of aliphatic hydroxyl groups is 1. The van der Waals surface area contributed by atoms with Crippen LogP contribution in [0.2, 0.25) is 5.02 Å². The van der Waals surface area contributed by atoms with Gasteiger partial charge in [-0.05, 0) is 56.3 Å². The van der Waals surface area contributed by atoms with Gasteiger partial charge in [-0.25, -0.2) is 24.3 Å². The van der Waals surface area contributed by atoms with E-state index in [0.717, 1.165) is 11.3 Å². The standard InChI is InChI=1S/C25H22ClFN8O2.H2OS/c1-25(37,23-22-21(27)17(26)6-7-34(22)13-31-23)24(36)33-19-8-18(29-12-30-19)28-9-16-11-35-10-15(14-2-3-14)4-5-20(35)32-16;1-2/h4-8,10-14,37H,2-3,9H2,1H3,(H2,28,29,30,33,36);1-2H. The Balaban J connectivity index is 0.00000151. The van der Waals surface area contributed by atoms with Crippen LogP contribution in [-0.2, 0) is 16.9 Å². The highest BCUT2D eigenvalue weighted by Crippen LogP contribution is 2.39. The third-order valence-corrected chi connectivity index (χ3v) is 6.72. The first-order chi connectivity index (χ1) is 18.8. The lowest BCUT2D eigenvalue weighted by molar-refractivity contribution is -0.133. The second-order valence-electron chi connectivity index (χ2n) is 9.23. The third kappa shape index (κ3) is 5.39. The zero-order valence-electron chi connectivity index (χ0n) is 20.6. The third-order valence-electron chi connectivity index (χ3n) is 6.43.